The van der Waals surface area contributed by atoms with Crippen molar-refractivity contribution in [2.75, 3.05) is 17.2 Å². The molecule has 2 aromatic rings. The third-order valence-electron chi connectivity index (χ3n) is 3.46. The molecular formula is C13H12N4O4. The summed E-state index contributed by atoms with van der Waals surface area (Å²) >= 11 is 0. The molecule has 8 heteroatoms. The fraction of sp³-hybridized carbons (Fsp3) is 0.231. The number of rotatable bonds is 2. The summed E-state index contributed by atoms with van der Waals surface area (Å²) in [7, 11) is 0. The Hall–Kier alpha value is -2.90. The van der Waals surface area contributed by atoms with Gasteiger partial charge in [-0.2, -0.15) is 0 Å². The first-order valence-electron chi connectivity index (χ1n) is 6.28. The molecular weight excluding hydrogens is 276 g/mol. The molecule has 1 aliphatic rings. The van der Waals surface area contributed by atoms with E-state index in [-0.39, 0.29) is 18.1 Å². The molecule has 3 N–H and O–H groups in total. The third-order valence-corrected chi connectivity index (χ3v) is 3.46. The Kier molecular flexibility index (Phi) is 3.05. The molecule has 1 aromatic carbocycles. The number of carbonyl (C=O) groups is 2. The molecule has 8 nitrogen and oxygen atoms in total. The maximum Gasteiger partial charge on any atom is 0.308 e. The molecule has 0 radical (unpaired) electrons. The van der Waals surface area contributed by atoms with Crippen molar-refractivity contribution in [3.05, 3.63) is 35.5 Å². The fourth-order valence-electron chi connectivity index (χ4n) is 2.42. The van der Waals surface area contributed by atoms with Gasteiger partial charge in [0.15, 0.2) is 0 Å². The summed E-state index contributed by atoms with van der Waals surface area (Å²) in [6.07, 6.45) is 0.377. The zero-order chi connectivity index (χ0) is 15.0. The number of anilines is 2. The monoisotopic (exact) mass is 288 g/mol. The van der Waals surface area contributed by atoms with Gasteiger partial charge >= 0.3 is 5.97 Å². The second kappa shape index (κ2) is 4.89. The van der Waals surface area contributed by atoms with Gasteiger partial charge in [-0.15, -0.1) is 0 Å². The lowest BCUT2D eigenvalue weighted by molar-refractivity contribution is -0.141. The predicted molar refractivity (Wildman–Crippen MR) is 71.7 cm³/mol. The van der Waals surface area contributed by atoms with Crippen LogP contribution in [0.2, 0.25) is 0 Å². The number of fused-ring (bicyclic) bond motifs is 1. The lowest BCUT2D eigenvalue weighted by atomic mass is 9.92. The van der Waals surface area contributed by atoms with Crippen LogP contribution in [0.25, 0.3) is 0 Å². The van der Waals surface area contributed by atoms with Gasteiger partial charge in [0.1, 0.15) is 0 Å². The van der Waals surface area contributed by atoms with Crippen LogP contribution in [-0.2, 0) is 11.2 Å². The maximum absolute atomic E-state index is 12.5. The van der Waals surface area contributed by atoms with Gasteiger partial charge in [-0.3, -0.25) is 9.59 Å². The van der Waals surface area contributed by atoms with Crippen LogP contribution in [-0.4, -0.2) is 33.8 Å². The number of aromatic nitrogens is 2. The molecule has 108 valence electrons. The highest BCUT2D eigenvalue weighted by Crippen LogP contribution is 2.31. The van der Waals surface area contributed by atoms with E-state index in [4.69, 9.17) is 5.73 Å². The summed E-state index contributed by atoms with van der Waals surface area (Å²) < 4.78 is 4.43. The molecule has 3 rings (SSSR count). The Morgan fingerprint density at radius 1 is 1.33 bits per heavy atom. The van der Waals surface area contributed by atoms with Crippen molar-refractivity contribution >= 4 is 23.4 Å². The number of hydrogen-bond donors (Lipinski definition) is 2. The summed E-state index contributed by atoms with van der Waals surface area (Å²) in [6, 6.07) is 7.15. The first kappa shape index (κ1) is 13.1. The number of aliphatic carboxylic acids is 1. The zero-order valence-electron chi connectivity index (χ0n) is 10.9. The van der Waals surface area contributed by atoms with E-state index in [0.717, 1.165) is 5.56 Å². The van der Waals surface area contributed by atoms with E-state index in [9.17, 15) is 14.7 Å². The molecule has 0 saturated carbocycles. The molecule has 0 spiro atoms. The summed E-state index contributed by atoms with van der Waals surface area (Å²) in [5.41, 5.74) is 6.86. The Labute approximate surface area is 119 Å². The zero-order valence-corrected chi connectivity index (χ0v) is 10.9. The Bertz CT molecular complexity index is 712. The summed E-state index contributed by atoms with van der Waals surface area (Å²) in [4.78, 5) is 25.1. The molecule has 2 heterocycles. The molecule has 1 unspecified atom stereocenters. The first-order valence-corrected chi connectivity index (χ1v) is 6.28. The molecule has 0 bridgehead atoms. The molecule has 1 aromatic heterocycles. The number of carboxylic acid groups (broad SMARTS) is 1. The van der Waals surface area contributed by atoms with Crippen LogP contribution in [0, 0.1) is 5.92 Å². The number of carboxylic acids is 1. The summed E-state index contributed by atoms with van der Waals surface area (Å²) in [5, 5.41) is 16.1. The van der Waals surface area contributed by atoms with Crippen molar-refractivity contribution in [2.24, 2.45) is 5.92 Å². The number of nitrogen functional groups attached to an aromatic ring is 1. The van der Waals surface area contributed by atoms with Crippen molar-refractivity contribution in [3.63, 3.8) is 0 Å². The van der Waals surface area contributed by atoms with E-state index in [1.165, 1.54) is 4.90 Å². The van der Waals surface area contributed by atoms with Gasteiger partial charge in [-0.25, -0.2) is 4.63 Å². The van der Waals surface area contributed by atoms with Gasteiger partial charge in [-0.05, 0) is 28.4 Å². The summed E-state index contributed by atoms with van der Waals surface area (Å²) in [6.45, 7) is 0.0531. The lowest BCUT2D eigenvalue weighted by Gasteiger charge is -2.32. The molecule has 1 aliphatic heterocycles. The quantitative estimate of drug-likeness (QED) is 0.827. The number of para-hydroxylation sites is 1. The SMILES string of the molecule is Nc1nonc1C(=O)N1CC(C(=O)O)Cc2ccccc21. The third kappa shape index (κ3) is 2.20. The Balaban J connectivity index is 2.02. The lowest BCUT2D eigenvalue weighted by Crippen LogP contribution is -2.43. The summed E-state index contributed by atoms with van der Waals surface area (Å²) in [5.74, 6) is -2.26. The van der Waals surface area contributed by atoms with E-state index in [2.05, 4.69) is 14.9 Å². The van der Waals surface area contributed by atoms with Crippen LogP contribution < -0.4 is 10.6 Å². The number of nitrogens with two attached hydrogens (primary N) is 1. The van der Waals surface area contributed by atoms with Crippen molar-refractivity contribution < 1.29 is 19.3 Å². The Morgan fingerprint density at radius 2 is 2.10 bits per heavy atom. The van der Waals surface area contributed by atoms with E-state index < -0.39 is 17.8 Å². The van der Waals surface area contributed by atoms with Crippen LogP contribution in [0.4, 0.5) is 11.5 Å². The van der Waals surface area contributed by atoms with E-state index in [1.54, 1.807) is 24.3 Å². The van der Waals surface area contributed by atoms with E-state index in [0.29, 0.717) is 12.1 Å². The second-order valence-electron chi connectivity index (χ2n) is 4.78. The van der Waals surface area contributed by atoms with Crippen LogP contribution in [0.15, 0.2) is 28.9 Å². The van der Waals surface area contributed by atoms with Crippen molar-refractivity contribution in [2.45, 2.75) is 6.42 Å². The molecule has 21 heavy (non-hydrogen) atoms. The molecule has 0 saturated heterocycles. The molecule has 0 fully saturated rings. The minimum atomic E-state index is -0.950. The number of carbonyl (C=O) groups excluding carboxylic acids is 1. The minimum Gasteiger partial charge on any atom is -0.481 e. The highest BCUT2D eigenvalue weighted by atomic mass is 16.6. The average Bonchev–Trinajstić information content (AvgIpc) is 2.91. The van der Waals surface area contributed by atoms with E-state index >= 15 is 0 Å². The standard InChI is InChI=1S/C13H12N4O4/c14-11-10(15-21-16-11)12(18)17-6-8(13(19)20)5-7-3-1-2-4-9(7)17/h1-4,8H,5-6H2,(H2,14,16)(H,19,20). The van der Waals surface area contributed by atoms with Gasteiger partial charge in [-0.1, -0.05) is 18.2 Å². The predicted octanol–water partition coefficient (Wildman–Crippen LogP) is 0.555. The number of benzene rings is 1. The fourth-order valence-corrected chi connectivity index (χ4v) is 2.42. The van der Waals surface area contributed by atoms with Gasteiger partial charge < -0.3 is 15.7 Å². The number of amides is 1. The normalized spacial score (nSPS) is 17.3. The van der Waals surface area contributed by atoms with Crippen LogP contribution in [0.5, 0.6) is 0 Å². The molecule has 1 amide bonds. The highest BCUT2D eigenvalue weighted by molar-refractivity contribution is 6.08. The second-order valence-corrected chi connectivity index (χ2v) is 4.78. The smallest absolute Gasteiger partial charge is 0.308 e. The molecule has 0 aliphatic carbocycles. The van der Waals surface area contributed by atoms with Gasteiger partial charge in [0.25, 0.3) is 5.91 Å². The van der Waals surface area contributed by atoms with E-state index in [1.807, 2.05) is 0 Å². The topological polar surface area (TPSA) is 123 Å². The Morgan fingerprint density at radius 3 is 2.76 bits per heavy atom. The van der Waals surface area contributed by atoms with Gasteiger partial charge in [0, 0.05) is 12.2 Å². The number of nitrogens with zero attached hydrogens (tertiary/aromatic N) is 3. The highest BCUT2D eigenvalue weighted by Gasteiger charge is 2.34. The van der Waals surface area contributed by atoms with Gasteiger partial charge in [0.05, 0.1) is 5.92 Å². The van der Waals surface area contributed by atoms with Crippen molar-refractivity contribution in [1.29, 1.82) is 0 Å². The van der Waals surface area contributed by atoms with Crippen LogP contribution in [0.1, 0.15) is 16.1 Å². The van der Waals surface area contributed by atoms with Crippen molar-refractivity contribution in [3.8, 4) is 0 Å². The van der Waals surface area contributed by atoms with Crippen molar-refractivity contribution in [1.82, 2.24) is 10.3 Å². The molecule has 1 atom stereocenters. The largest absolute Gasteiger partial charge is 0.481 e. The van der Waals surface area contributed by atoms with Crippen LogP contribution in [0.3, 0.4) is 0 Å². The average molecular weight is 288 g/mol. The maximum atomic E-state index is 12.5. The minimum absolute atomic E-state index is 0.0531. The number of hydrogen-bond acceptors (Lipinski definition) is 6. The van der Waals surface area contributed by atoms with Crippen LogP contribution >= 0.6 is 0 Å². The first-order chi connectivity index (χ1) is 10.1. The van der Waals surface area contributed by atoms with Gasteiger partial charge in [0.2, 0.25) is 11.5 Å².